The fourth-order valence-electron chi connectivity index (χ4n) is 1.91. The molecule has 1 fully saturated rings. The number of hydrogen-bond acceptors (Lipinski definition) is 2. The molecule has 4 heteroatoms. The molecule has 0 amide bonds. The van der Waals surface area contributed by atoms with Crippen molar-refractivity contribution in [1.29, 1.82) is 0 Å². The summed E-state index contributed by atoms with van der Waals surface area (Å²) in [5.74, 6) is -2.66. The fraction of sp³-hybridized carbons (Fsp3) is 0.455. The average molecular weight is 213 g/mol. The third kappa shape index (κ3) is 2.26. The van der Waals surface area contributed by atoms with Gasteiger partial charge in [0.25, 0.3) is 0 Å². The molecule has 0 bridgehead atoms. The summed E-state index contributed by atoms with van der Waals surface area (Å²) in [4.78, 5) is 2.14. The molecular formula is C11H13F2NO. The first kappa shape index (κ1) is 10.4. The van der Waals surface area contributed by atoms with Gasteiger partial charge < -0.3 is 5.11 Å². The molecule has 15 heavy (non-hydrogen) atoms. The van der Waals surface area contributed by atoms with Crippen molar-refractivity contribution in [3.8, 4) is 5.75 Å². The number of rotatable bonds is 2. The van der Waals surface area contributed by atoms with Crippen molar-refractivity contribution in [2.75, 3.05) is 13.1 Å². The van der Waals surface area contributed by atoms with Gasteiger partial charge in [-0.2, -0.15) is 0 Å². The second-order valence-corrected chi connectivity index (χ2v) is 3.89. The molecule has 1 aliphatic rings. The van der Waals surface area contributed by atoms with Crippen LogP contribution in [0.3, 0.4) is 0 Å². The molecule has 0 radical (unpaired) electrons. The van der Waals surface area contributed by atoms with Gasteiger partial charge in [-0.1, -0.05) is 0 Å². The monoisotopic (exact) mass is 213 g/mol. The molecule has 1 N–H and O–H groups in total. The number of phenols is 1. The van der Waals surface area contributed by atoms with E-state index in [4.69, 9.17) is 5.11 Å². The number of halogens is 2. The van der Waals surface area contributed by atoms with Crippen molar-refractivity contribution in [1.82, 2.24) is 4.90 Å². The smallest absolute Gasteiger partial charge is 0.187 e. The molecule has 1 aromatic carbocycles. The number of likely N-dealkylation sites (tertiary alicyclic amines) is 1. The molecule has 0 saturated carbocycles. The Hall–Kier alpha value is -1.16. The topological polar surface area (TPSA) is 23.5 Å². The average Bonchev–Trinajstić information content (AvgIpc) is 2.66. The minimum atomic E-state index is -0.889. The molecular weight excluding hydrogens is 200 g/mol. The van der Waals surface area contributed by atoms with Gasteiger partial charge in [0.2, 0.25) is 0 Å². The van der Waals surface area contributed by atoms with Crippen LogP contribution in [0.5, 0.6) is 5.75 Å². The van der Waals surface area contributed by atoms with E-state index in [0.29, 0.717) is 12.1 Å². The van der Waals surface area contributed by atoms with Crippen LogP contribution in [-0.4, -0.2) is 23.1 Å². The third-order valence-electron chi connectivity index (χ3n) is 2.68. The molecule has 2 rings (SSSR count). The van der Waals surface area contributed by atoms with Gasteiger partial charge in [-0.15, -0.1) is 0 Å². The van der Waals surface area contributed by atoms with Crippen LogP contribution >= 0.6 is 0 Å². The lowest BCUT2D eigenvalue weighted by Crippen LogP contribution is -2.18. The van der Waals surface area contributed by atoms with Gasteiger partial charge in [-0.05, 0) is 43.6 Å². The van der Waals surface area contributed by atoms with E-state index in [1.54, 1.807) is 0 Å². The zero-order valence-electron chi connectivity index (χ0n) is 8.34. The van der Waals surface area contributed by atoms with E-state index in [2.05, 4.69) is 4.90 Å². The summed E-state index contributed by atoms with van der Waals surface area (Å²) in [6, 6.07) is 2.38. The van der Waals surface area contributed by atoms with Crippen LogP contribution < -0.4 is 0 Å². The molecule has 2 nitrogen and oxygen atoms in total. The van der Waals surface area contributed by atoms with E-state index >= 15 is 0 Å². The van der Waals surface area contributed by atoms with Crippen LogP contribution in [0.15, 0.2) is 12.1 Å². The molecule has 0 aromatic heterocycles. The number of benzene rings is 1. The Morgan fingerprint density at radius 3 is 2.20 bits per heavy atom. The first-order chi connectivity index (χ1) is 7.16. The summed E-state index contributed by atoms with van der Waals surface area (Å²) in [6.07, 6.45) is 2.28. The maximum Gasteiger partial charge on any atom is 0.187 e. The van der Waals surface area contributed by atoms with Gasteiger partial charge in [-0.25, -0.2) is 8.78 Å². The highest BCUT2D eigenvalue weighted by atomic mass is 19.1. The second-order valence-electron chi connectivity index (χ2n) is 3.89. The Kier molecular flexibility index (Phi) is 2.86. The summed E-state index contributed by atoms with van der Waals surface area (Å²) in [6.45, 7) is 2.50. The second kappa shape index (κ2) is 4.14. The van der Waals surface area contributed by atoms with Crippen molar-refractivity contribution >= 4 is 0 Å². The Morgan fingerprint density at radius 1 is 1.13 bits per heavy atom. The summed E-state index contributed by atoms with van der Waals surface area (Å²) < 4.78 is 26.0. The molecule has 1 saturated heterocycles. The Morgan fingerprint density at radius 2 is 1.67 bits per heavy atom. The van der Waals surface area contributed by atoms with Crippen molar-refractivity contribution in [3.63, 3.8) is 0 Å². The molecule has 82 valence electrons. The predicted octanol–water partition coefficient (Wildman–Crippen LogP) is 2.27. The van der Waals surface area contributed by atoms with E-state index in [1.165, 1.54) is 12.1 Å². The quantitative estimate of drug-likeness (QED) is 0.814. The Labute approximate surface area is 87.1 Å². The molecule has 1 heterocycles. The zero-order chi connectivity index (χ0) is 10.8. The lowest BCUT2D eigenvalue weighted by molar-refractivity contribution is 0.328. The summed E-state index contributed by atoms with van der Waals surface area (Å²) in [7, 11) is 0. The first-order valence-corrected chi connectivity index (χ1v) is 5.06. The first-order valence-electron chi connectivity index (χ1n) is 5.06. The maximum atomic E-state index is 13.0. The Balaban J connectivity index is 2.14. The van der Waals surface area contributed by atoms with E-state index < -0.39 is 17.4 Å². The van der Waals surface area contributed by atoms with Crippen LogP contribution in [0.1, 0.15) is 18.4 Å². The van der Waals surface area contributed by atoms with Crippen LogP contribution in [0, 0.1) is 11.6 Å². The highest BCUT2D eigenvalue weighted by Gasteiger charge is 2.14. The Bertz CT molecular complexity index is 339. The van der Waals surface area contributed by atoms with Crippen molar-refractivity contribution in [2.24, 2.45) is 0 Å². The van der Waals surface area contributed by atoms with E-state index in [0.717, 1.165) is 25.9 Å². The van der Waals surface area contributed by atoms with Gasteiger partial charge in [0.05, 0.1) is 0 Å². The standard InChI is InChI=1S/C11H13F2NO/c12-9-5-8(6-10(13)11(9)15)7-14-3-1-2-4-14/h5-6,15H,1-4,7H2. The predicted molar refractivity (Wildman–Crippen MR) is 52.5 cm³/mol. The fourth-order valence-corrected chi connectivity index (χ4v) is 1.91. The lowest BCUT2D eigenvalue weighted by Gasteiger charge is -2.14. The van der Waals surface area contributed by atoms with E-state index in [9.17, 15) is 8.78 Å². The van der Waals surface area contributed by atoms with E-state index in [-0.39, 0.29) is 0 Å². The zero-order valence-corrected chi connectivity index (χ0v) is 8.34. The molecule has 0 unspecified atom stereocenters. The third-order valence-corrected chi connectivity index (χ3v) is 2.68. The minimum absolute atomic E-state index is 0.550. The van der Waals surface area contributed by atoms with E-state index in [1.807, 2.05) is 0 Å². The van der Waals surface area contributed by atoms with Crippen molar-refractivity contribution in [2.45, 2.75) is 19.4 Å². The van der Waals surface area contributed by atoms with Gasteiger partial charge in [0.15, 0.2) is 17.4 Å². The normalized spacial score (nSPS) is 17.2. The maximum absolute atomic E-state index is 13.0. The van der Waals surface area contributed by atoms with Gasteiger partial charge in [0, 0.05) is 6.54 Å². The number of hydrogen-bond donors (Lipinski definition) is 1. The van der Waals surface area contributed by atoms with Gasteiger partial charge in [-0.3, -0.25) is 4.90 Å². The number of aromatic hydroxyl groups is 1. The summed E-state index contributed by atoms with van der Waals surface area (Å²) in [5, 5.41) is 8.93. The molecule has 0 aliphatic carbocycles. The summed E-state index contributed by atoms with van der Waals surface area (Å²) in [5.41, 5.74) is 0.574. The molecule has 0 atom stereocenters. The SMILES string of the molecule is Oc1c(F)cc(CN2CCCC2)cc1F. The molecule has 1 aliphatic heterocycles. The van der Waals surface area contributed by atoms with Crippen molar-refractivity contribution in [3.05, 3.63) is 29.3 Å². The lowest BCUT2D eigenvalue weighted by atomic mass is 10.2. The van der Waals surface area contributed by atoms with Crippen LogP contribution in [0.2, 0.25) is 0 Å². The molecule has 0 spiro atoms. The number of nitrogens with zero attached hydrogens (tertiary/aromatic N) is 1. The highest BCUT2D eigenvalue weighted by molar-refractivity contribution is 5.30. The van der Waals surface area contributed by atoms with Gasteiger partial charge >= 0.3 is 0 Å². The molecule has 1 aromatic rings. The van der Waals surface area contributed by atoms with Crippen LogP contribution in [-0.2, 0) is 6.54 Å². The van der Waals surface area contributed by atoms with Gasteiger partial charge in [0.1, 0.15) is 0 Å². The highest BCUT2D eigenvalue weighted by Crippen LogP contribution is 2.23. The minimum Gasteiger partial charge on any atom is -0.503 e. The van der Waals surface area contributed by atoms with Crippen LogP contribution in [0.4, 0.5) is 8.78 Å². The summed E-state index contributed by atoms with van der Waals surface area (Å²) >= 11 is 0. The van der Waals surface area contributed by atoms with Crippen LogP contribution in [0.25, 0.3) is 0 Å². The van der Waals surface area contributed by atoms with Crippen molar-refractivity contribution < 1.29 is 13.9 Å². The largest absolute Gasteiger partial charge is 0.503 e. The number of phenolic OH excluding ortho intramolecular Hbond substituents is 1.